The molecule has 0 aliphatic heterocycles. The van der Waals surface area contributed by atoms with Crippen molar-refractivity contribution in [2.75, 3.05) is 0 Å². The number of aromatic nitrogens is 2. The molecule has 124 valence electrons. The Morgan fingerprint density at radius 2 is 2.25 bits per heavy atom. The predicted molar refractivity (Wildman–Crippen MR) is 88.9 cm³/mol. The summed E-state index contributed by atoms with van der Waals surface area (Å²) < 4.78 is 12.3. The standard InChI is InChI=1S/C17H16ClN3O3/c1-12-4-5-14(18)16(9-12)24-11-21-7-6-15(20-21)17(22)19-10-13-3-2-8-23-13/h2-9H,10-11H2,1H3,(H,19,22). The first-order valence-electron chi connectivity index (χ1n) is 7.35. The van der Waals surface area contributed by atoms with Crippen molar-refractivity contribution in [2.24, 2.45) is 0 Å². The van der Waals surface area contributed by atoms with Crippen molar-refractivity contribution in [3.63, 3.8) is 0 Å². The molecule has 1 amide bonds. The van der Waals surface area contributed by atoms with E-state index in [4.69, 9.17) is 20.8 Å². The highest BCUT2D eigenvalue weighted by atomic mass is 35.5. The first kappa shape index (κ1) is 16.1. The molecule has 3 aromatic rings. The third-order valence-corrected chi connectivity index (χ3v) is 3.63. The number of carbonyl (C=O) groups is 1. The van der Waals surface area contributed by atoms with Crippen LogP contribution in [0.25, 0.3) is 0 Å². The van der Waals surface area contributed by atoms with E-state index in [2.05, 4.69) is 10.4 Å². The first-order chi connectivity index (χ1) is 11.6. The summed E-state index contributed by atoms with van der Waals surface area (Å²) in [5, 5.41) is 7.45. The largest absolute Gasteiger partial charge is 0.470 e. The summed E-state index contributed by atoms with van der Waals surface area (Å²) >= 11 is 6.08. The molecular formula is C17H16ClN3O3. The van der Waals surface area contributed by atoms with Crippen LogP contribution in [0.15, 0.2) is 53.3 Å². The van der Waals surface area contributed by atoms with Gasteiger partial charge in [0.2, 0.25) is 0 Å². The zero-order valence-electron chi connectivity index (χ0n) is 13.0. The van der Waals surface area contributed by atoms with Crippen LogP contribution < -0.4 is 10.1 Å². The van der Waals surface area contributed by atoms with E-state index in [0.29, 0.717) is 28.8 Å². The van der Waals surface area contributed by atoms with Gasteiger partial charge in [0.1, 0.15) is 17.2 Å². The Labute approximate surface area is 144 Å². The number of aryl methyl sites for hydroxylation is 1. The predicted octanol–water partition coefficient (Wildman–Crippen LogP) is 3.40. The molecule has 7 heteroatoms. The van der Waals surface area contributed by atoms with E-state index < -0.39 is 0 Å². The summed E-state index contributed by atoms with van der Waals surface area (Å²) in [6.07, 6.45) is 3.23. The highest BCUT2D eigenvalue weighted by Gasteiger charge is 2.10. The molecular weight excluding hydrogens is 330 g/mol. The van der Waals surface area contributed by atoms with E-state index >= 15 is 0 Å². The van der Waals surface area contributed by atoms with Crippen LogP contribution >= 0.6 is 11.6 Å². The number of hydrogen-bond acceptors (Lipinski definition) is 4. The molecule has 0 radical (unpaired) electrons. The Kier molecular flexibility index (Phi) is 4.86. The van der Waals surface area contributed by atoms with Crippen molar-refractivity contribution >= 4 is 17.5 Å². The van der Waals surface area contributed by atoms with Gasteiger partial charge in [0.25, 0.3) is 5.91 Å². The van der Waals surface area contributed by atoms with Crippen LogP contribution in [-0.4, -0.2) is 15.7 Å². The lowest BCUT2D eigenvalue weighted by Gasteiger charge is -2.08. The molecule has 3 rings (SSSR count). The van der Waals surface area contributed by atoms with Crippen LogP contribution in [0.3, 0.4) is 0 Å². The van der Waals surface area contributed by atoms with Crippen molar-refractivity contribution in [2.45, 2.75) is 20.2 Å². The van der Waals surface area contributed by atoms with Gasteiger partial charge in [0.15, 0.2) is 6.73 Å². The number of benzene rings is 1. The minimum atomic E-state index is -0.279. The number of halogens is 1. The van der Waals surface area contributed by atoms with E-state index in [9.17, 15) is 4.79 Å². The first-order valence-corrected chi connectivity index (χ1v) is 7.72. The van der Waals surface area contributed by atoms with Gasteiger partial charge in [0, 0.05) is 6.20 Å². The van der Waals surface area contributed by atoms with Gasteiger partial charge in [-0.2, -0.15) is 5.10 Å². The van der Waals surface area contributed by atoms with Crippen LogP contribution in [0.4, 0.5) is 0 Å². The molecule has 2 heterocycles. The molecule has 0 saturated heterocycles. The Morgan fingerprint density at radius 1 is 1.38 bits per heavy atom. The zero-order chi connectivity index (χ0) is 16.9. The van der Waals surface area contributed by atoms with Crippen LogP contribution in [0, 0.1) is 6.92 Å². The maximum Gasteiger partial charge on any atom is 0.272 e. The summed E-state index contributed by atoms with van der Waals surface area (Å²) in [5.74, 6) is 0.981. The number of amides is 1. The van der Waals surface area contributed by atoms with Crippen molar-refractivity contribution < 1.29 is 13.9 Å². The topological polar surface area (TPSA) is 69.3 Å². The maximum atomic E-state index is 12.0. The van der Waals surface area contributed by atoms with Gasteiger partial charge in [-0.25, -0.2) is 4.68 Å². The molecule has 6 nitrogen and oxygen atoms in total. The zero-order valence-corrected chi connectivity index (χ0v) is 13.8. The second kappa shape index (κ2) is 7.23. The fraction of sp³-hybridized carbons (Fsp3) is 0.176. The summed E-state index contributed by atoms with van der Waals surface area (Å²) in [4.78, 5) is 12.0. The average molecular weight is 346 g/mol. The molecule has 0 atom stereocenters. The van der Waals surface area contributed by atoms with Crippen molar-refractivity contribution in [3.05, 3.63) is 70.9 Å². The number of furan rings is 1. The second-order valence-corrected chi connectivity index (χ2v) is 5.62. The quantitative estimate of drug-likeness (QED) is 0.743. The highest BCUT2D eigenvalue weighted by Crippen LogP contribution is 2.25. The molecule has 0 fully saturated rings. The Bertz CT molecular complexity index is 827. The highest BCUT2D eigenvalue weighted by molar-refractivity contribution is 6.32. The van der Waals surface area contributed by atoms with E-state index in [1.165, 1.54) is 4.68 Å². The minimum Gasteiger partial charge on any atom is -0.470 e. The molecule has 0 bridgehead atoms. The maximum absolute atomic E-state index is 12.0. The molecule has 0 spiro atoms. The number of nitrogens with one attached hydrogen (secondary N) is 1. The van der Waals surface area contributed by atoms with Gasteiger partial charge in [0.05, 0.1) is 17.8 Å². The fourth-order valence-electron chi connectivity index (χ4n) is 2.08. The van der Waals surface area contributed by atoms with Gasteiger partial charge in [-0.1, -0.05) is 17.7 Å². The molecule has 24 heavy (non-hydrogen) atoms. The Balaban J connectivity index is 1.57. The number of ether oxygens (including phenoxy) is 1. The van der Waals surface area contributed by atoms with E-state index in [1.807, 2.05) is 19.1 Å². The van der Waals surface area contributed by atoms with E-state index in [1.54, 1.807) is 36.7 Å². The van der Waals surface area contributed by atoms with Gasteiger partial charge in [-0.05, 0) is 42.8 Å². The van der Waals surface area contributed by atoms with Gasteiger partial charge < -0.3 is 14.5 Å². The lowest BCUT2D eigenvalue weighted by Crippen LogP contribution is -2.23. The molecule has 0 aliphatic rings. The third-order valence-electron chi connectivity index (χ3n) is 3.32. The lowest BCUT2D eigenvalue weighted by atomic mass is 10.2. The van der Waals surface area contributed by atoms with Crippen LogP contribution in [0.5, 0.6) is 5.75 Å². The molecule has 2 aromatic heterocycles. The lowest BCUT2D eigenvalue weighted by molar-refractivity contribution is 0.0941. The van der Waals surface area contributed by atoms with Crippen LogP contribution in [-0.2, 0) is 13.3 Å². The number of rotatable bonds is 6. The molecule has 0 aliphatic carbocycles. The van der Waals surface area contributed by atoms with Gasteiger partial charge in [-0.15, -0.1) is 0 Å². The fourth-order valence-corrected chi connectivity index (χ4v) is 2.25. The summed E-state index contributed by atoms with van der Waals surface area (Å²) in [5.41, 5.74) is 1.35. The van der Waals surface area contributed by atoms with E-state index in [-0.39, 0.29) is 12.6 Å². The average Bonchev–Trinajstić information content (AvgIpc) is 3.25. The molecule has 0 unspecified atom stereocenters. The van der Waals surface area contributed by atoms with Crippen molar-refractivity contribution in [1.82, 2.24) is 15.1 Å². The van der Waals surface area contributed by atoms with Crippen LogP contribution in [0.2, 0.25) is 5.02 Å². The number of carbonyl (C=O) groups excluding carboxylic acids is 1. The molecule has 1 aromatic carbocycles. The molecule has 1 N–H and O–H groups in total. The third kappa shape index (κ3) is 3.97. The second-order valence-electron chi connectivity index (χ2n) is 5.21. The molecule has 0 saturated carbocycles. The SMILES string of the molecule is Cc1ccc(Cl)c(OCn2ccc(C(=O)NCc3ccco3)n2)c1. The normalized spacial score (nSPS) is 10.6. The number of nitrogens with zero attached hydrogens (tertiary/aromatic N) is 2. The monoisotopic (exact) mass is 345 g/mol. The minimum absolute atomic E-state index is 0.161. The Morgan fingerprint density at radius 3 is 3.04 bits per heavy atom. The number of hydrogen-bond donors (Lipinski definition) is 1. The van der Waals surface area contributed by atoms with Crippen molar-refractivity contribution in [1.29, 1.82) is 0 Å². The van der Waals surface area contributed by atoms with Crippen molar-refractivity contribution in [3.8, 4) is 5.75 Å². The Hall–Kier alpha value is -2.73. The smallest absolute Gasteiger partial charge is 0.272 e. The van der Waals surface area contributed by atoms with Gasteiger partial charge in [-0.3, -0.25) is 4.79 Å². The van der Waals surface area contributed by atoms with E-state index in [0.717, 1.165) is 5.56 Å². The summed E-state index contributed by atoms with van der Waals surface area (Å²) in [6, 6.07) is 10.7. The van der Waals surface area contributed by atoms with Gasteiger partial charge >= 0.3 is 0 Å². The van der Waals surface area contributed by atoms with Crippen LogP contribution in [0.1, 0.15) is 21.8 Å². The summed E-state index contributed by atoms with van der Waals surface area (Å²) in [6.45, 7) is 2.43. The summed E-state index contributed by atoms with van der Waals surface area (Å²) in [7, 11) is 0.